The lowest BCUT2D eigenvalue weighted by molar-refractivity contribution is 0.0343. The molecule has 0 bridgehead atoms. The van der Waals surface area contributed by atoms with Crippen molar-refractivity contribution < 1.29 is 9.84 Å². The highest BCUT2D eigenvalue weighted by Gasteiger charge is 2.20. The van der Waals surface area contributed by atoms with Gasteiger partial charge in [0, 0.05) is 36.8 Å². The number of hydrogen-bond donors (Lipinski definition) is 1. The van der Waals surface area contributed by atoms with Crippen LogP contribution in [-0.4, -0.2) is 32.3 Å². The van der Waals surface area contributed by atoms with Crippen molar-refractivity contribution in [2.45, 2.75) is 32.0 Å². The molecule has 25 heavy (non-hydrogen) atoms. The number of nitrogens with zero attached hydrogens (tertiary/aromatic N) is 3. The van der Waals surface area contributed by atoms with E-state index in [0.29, 0.717) is 12.8 Å². The molecule has 2 atom stereocenters. The van der Waals surface area contributed by atoms with Crippen LogP contribution in [0, 0.1) is 0 Å². The molecule has 0 aliphatic rings. The Balaban J connectivity index is 1.73. The molecule has 0 saturated carbocycles. The van der Waals surface area contributed by atoms with Crippen LogP contribution in [0.4, 0.5) is 0 Å². The van der Waals surface area contributed by atoms with Crippen LogP contribution < -0.4 is 4.74 Å². The van der Waals surface area contributed by atoms with Crippen molar-refractivity contribution in [1.29, 1.82) is 0 Å². The molecular formula is C20H21N3O2. The Morgan fingerprint density at radius 3 is 2.36 bits per heavy atom. The van der Waals surface area contributed by atoms with E-state index in [2.05, 4.69) is 15.0 Å². The standard InChI is InChI=1S/C20H21N3O2/c1-2-19(24)20(10-15-4-3-9-21-11-15)25-18-7-5-16(6-8-18)17-12-22-14-23-13-17/h3-9,11-14,19-20,24H,2,10H2,1H3/t19-,20+/m1/s1. The predicted octanol–water partition coefficient (Wildman–Crippen LogP) is 3.30. The van der Waals surface area contributed by atoms with Gasteiger partial charge in [-0.05, 0) is 35.7 Å². The minimum absolute atomic E-state index is 0.319. The Kier molecular flexibility index (Phi) is 5.69. The van der Waals surface area contributed by atoms with Crippen LogP contribution in [0.1, 0.15) is 18.9 Å². The van der Waals surface area contributed by atoms with Gasteiger partial charge in [0.25, 0.3) is 0 Å². The number of aliphatic hydroxyl groups excluding tert-OH is 1. The Morgan fingerprint density at radius 1 is 0.960 bits per heavy atom. The number of rotatable bonds is 7. The lowest BCUT2D eigenvalue weighted by Crippen LogP contribution is -2.33. The van der Waals surface area contributed by atoms with E-state index in [-0.39, 0.29) is 6.10 Å². The minimum atomic E-state index is -0.539. The number of hydrogen-bond acceptors (Lipinski definition) is 5. The maximum atomic E-state index is 10.3. The van der Waals surface area contributed by atoms with Gasteiger partial charge in [-0.2, -0.15) is 0 Å². The second-order valence-electron chi connectivity index (χ2n) is 5.85. The first kappa shape index (κ1) is 17.0. The van der Waals surface area contributed by atoms with E-state index >= 15 is 0 Å². The Labute approximate surface area is 147 Å². The maximum absolute atomic E-state index is 10.3. The summed E-state index contributed by atoms with van der Waals surface area (Å²) in [5.41, 5.74) is 3.01. The monoisotopic (exact) mass is 335 g/mol. The van der Waals surface area contributed by atoms with Gasteiger partial charge in [-0.3, -0.25) is 4.98 Å². The molecule has 2 heterocycles. The van der Waals surface area contributed by atoms with Gasteiger partial charge in [0.05, 0.1) is 6.10 Å². The Hall–Kier alpha value is -2.79. The van der Waals surface area contributed by atoms with Crippen molar-refractivity contribution in [3.8, 4) is 16.9 Å². The van der Waals surface area contributed by atoms with Gasteiger partial charge >= 0.3 is 0 Å². The molecule has 0 amide bonds. The quantitative estimate of drug-likeness (QED) is 0.717. The summed E-state index contributed by atoms with van der Waals surface area (Å²) in [7, 11) is 0. The van der Waals surface area contributed by atoms with Crippen molar-refractivity contribution in [1.82, 2.24) is 15.0 Å². The first-order chi connectivity index (χ1) is 12.3. The van der Waals surface area contributed by atoms with E-state index in [9.17, 15) is 5.11 Å². The second kappa shape index (κ2) is 8.35. The molecule has 0 fully saturated rings. The molecular weight excluding hydrogens is 314 g/mol. The Morgan fingerprint density at radius 2 is 1.72 bits per heavy atom. The molecule has 5 heteroatoms. The molecule has 2 aromatic heterocycles. The van der Waals surface area contributed by atoms with Crippen LogP contribution >= 0.6 is 0 Å². The number of aliphatic hydroxyl groups is 1. The topological polar surface area (TPSA) is 68.1 Å². The molecule has 0 unspecified atom stereocenters. The first-order valence-corrected chi connectivity index (χ1v) is 8.35. The molecule has 0 saturated heterocycles. The van der Waals surface area contributed by atoms with Crippen LogP contribution in [0.5, 0.6) is 5.75 Å². The summed E-state index contributed by atoms with van der Waals surface area (Å²) in [6, 6.07) is 11.6. The van der Waals surface area contributed by atoms with Crippen molar-refractivity contribution in [2.24, 2.45) is 0 Å². The summed E-state index contributed by atoms with van der Waals surface area (Å²) in [6.45, 7) is 1.95. The zero-order valence-corrected chi connectivity index (χ0v) is 14.1. The lowest BCUT2D eigenvalue weighted by Gasteiger charge is -2.23. The molecule has 0 aliphatic carbocycles. The number of pyridine rings is 1. The zero-order chi connectivity index (χ0) is 17.5. The summed E-state index contributed by atoms with van der Waals surface area (Å²) in [5, 5.41) is 10.3. The van der Waals surface area contributed by atoms with Gasteiger partial charge in [-0.15, -0.1) is 0 Å². The number of aromatic nitrogens is 3. The van der Waals surface area contributed by atoms with Crippen LogP contribution in [0.15, 0.2) is 67.5 Å². The summed E-state index contributed by atoms with van der Waals surface area (Å²) >= 11 is 0. The molecule has 0 spiro atoms. The SMILES string of the molecule is CC[C@@H](O)[C@H](Cc1cccnc1)Oc1ccc(-c2cncnc2)cc1. The summed E-state index contributed by atoms with van der Waals surface area (Å²) in [6.07, 6.45) is 8.97. The third kappa shape index (κ3) is 4.61. The largest absolute Gasteiger partial charge is 0.487 e. The predicted molar refractivity (Wildman–Crippen MR) is 96.1 cm³/mol. The molecule has 0 aliphatic heterocycles. The zero-order valence-electron chi connectivity index (χ0n) is 14.1. The third-order valence-electron chi connectivity index (χ3n) is 4.04. The van der Waals surface area contributed by atoms with Crippen LogP contribution in [0.3, 0.4) is 0 Å². The molecule has 3 aromatic rings. The van der Waals surface area contributed by atoms with Crippen molar-refractivity contribution >= 4 is 0 Å². The molecule has 1 aromatic carbocycles. The van der Waals surface area contributed by atoms with Gasteiger partial charge in [-0.25, -0.2) is 9.97 Å². The summed E-state index contributed by atoms with van der Waals surface area (Å²) in [4.78, 5) is 12.2. The maximum Gasteiger partial charge on any atom is 0.129 e. The van der Waals surface area contributed by atoms with Gasteiger partial charge in [0.2, 0.25) is 0 Å². The van der Waals surface area contributed by atoms with E-state index in [4.69, 9.17) is 4.74 Å². The highest BCUT2D eigenvalue weighted by Crippen LogP contribution is 2.23. The van der Waals surface area contributed by atoms with Crippen molar-refractivity contribution in [3.63, 3.8) is 0 Å². The Bertz CT molecular complexity index is 764. The highest BCUT2D eigenvalue weighted by molar-refractivity contribution is 5.62. The lowest BCUT2D eigenvalue weighted by atomic mass is 10.0. The molecule has 3 rings (SSSR count). The normalized spacial score (nSPS) is 13.2. The van der Waals surface area contributed by atoms with Crippen LogP contribution in [0.25, 0.3) is 11.1 Å². The van der Waals surface area contributed by atoms with Gasteiger partial charge in [0.15, 0.2) is 0 Å². The van der Waals surface area contributed by atoms with E-state index in [1.807, 2.05) is 43.3 Å². The molecule has 1 N–H and O–H groups in total. The number of benzene rings is 1. The first-order valence-electron chi connectivity index (χ1n) is 8.35. The van der Waals surface area contributed by atoms with Gasteiger partial charge < -0.3 is 9.84 Å². The van der Waals surface area contributed by atoms with Crippen molar-refractivity contribution in [3.05, 3.63) is 73.1 Å². The second-order valence-corrected chi connectivity index (χ2v) is 5.85. The highest BCUT2D eigenvalue weighted by atomic mass is 16.5. The molecule has 128 valence electrons. The number of ether oxygens (including phenoxy) is 1. The minimum Gasteiger partial charge on any atom is -0.487 e. The van der Waals surface area contributed by atoms with Crippen LogP contribution in [-0.2, 0) is 6.42 Å². The average Bonchev–Trinajstić information content (AvgIpc) is 2.69. The van der Waals surface area contributed by atoms with Crippen LogP contribution in [0.2, 0.25) is 0 Å². The van der Waals surface area contributed by atoms with E-state index in [1.165, 1.54) is 6.33 Å². The van der Waals surface area contributed by atoms with E-state index in [0.717, 1.165) is 22.4 Å². The van der Waals surface area contributed by atoms with E-state index < -0.39 is 6.10 Å². The summed E-state index contributed by atoms with van der Waals surface area (Å²) < 4.78 is 6.05. The average molecular weight is 335 g/mol. The smallest absolute Gasteiger partial charge is 0.129 e. The fourth-order valence-corrected chi connectivity index (χ4v) is 2.62. The van der Waals surface area contributed by atoms with Crippen molar-refractivity contribution in [2.75, 3.05) is 0 Å². The van der Waals surface area contributed by atoms with Gasteiger partial charge in [-0.1, -0.05) is 25.1 Å². The fraction of sp³-hybridized carbons (Fsp3) is 0.250. The molecule has 0 radical (unpaired) electrons. The third-order valence-corrected chi connectivity index (χ3v) is 4.04. The van der Waals surface area contributed by atoms with E-state index in [1.54, 1.807) is 24.8 Å². The fourth-order valence-electron chi connectivity index (χ4n) is 2.62. The van der Waals surface area contributed by atoms with Gasteiger partial charge in [0.1, 0.15) is 18.2 Å². The molecule has 5 nitrogen and oxygen atoms in total. The summed E-state index contributed by atoms with van der Waals surface area (Å²) in [5.74, 6) is 0.724.